The summed E-state index contributed by atoms with van der Waals surface area (Å²) in [7, 11) is 0. The molecule has 1 atom stereocenters. The molecule has 0 aliphatic carbocycles. The Labute approximate surface area is 269 Å². The van der Waals surface area contributed by atoms with Crippen LogP contribution in [0.3, 0.4) is 0 Å². The first-order chi connectivity index (χ1) is 22.8. The molecule has 0 radical (unpaired) electrons. The van der Waals surface area contributed by atoms with Crippen molar-refractivity contribution in [3.8, 4) is 5.69 Å². The number of nitrogens with zero attached hydrogens (tertiary/aromatic N) is 2. The smallest absolute Gasteiger partial charge is 0.309 e. The Bertz CT molecular complexity index is 2650. The number of hydrogen-bond acceptors (Lipinski definition) is 1. The highest BCUT2D eigenvalue weighted by atomic mass is 32.1. The predicted octanol–water partition coefficient (Wildman–Crippen LogP) is 9.67. The third-order valence-electron chi connectivity index (χ3n) is 9.60. The minimum absolute atomic E-state index is 0.194. The third-order valence-corrected chi connectivity index (χ3v) is 10.8. The number of quaternary nitrogens is 1. The third kappa shape index (κ3) is 3.66. The maximum atomic E-state index is 2.49. The van der Waals surface area contributed by atoms with Crippen LogP contribution in [0.1, 0.15) is 17.3 Å². The zero-order valence-corrected chi connectivity index (χ0v) is 25.8. The van der Waals surface area contributed by atoms with Gasteiger partial charge in [-0.15, -0.1) is 11.3 Å². The first-order valence-corrected chi connectivity index (χ1v) is 16.6. The molecule has 2 aromatic heterocycles. The largest absolute Gasteiger partial charge is 0.384 e. The van der Waals surface area contributed by atoms with Gasteiger partial charge in [0, 0.05) is 59.5 Å². The van der Waals surface area contributed by atoms with E-state index in [0.29, 0.717) is 0 Å². The van der Waals surface area contributed by atoms with Crippen LogP contribution in [0.2, 0.25) is 0 Å². The molecular weight excluding hydrogens is 579 g/mol. The van der Waals surface area contributed by atoms with Crippen LogP contribution in [0.5, 0.6) is 0 Å². The van der Waals surface area contributed by atoms with Gasteiger partial charge < -0.3 is 4.57 Å². The van der Waals surface area contributed by atoms with Gasteiger partial charge in [0.2, 0.25) is 5.69 Å². The molecule has 0 bridgehead atoms. The summed E-state index contributed by atoms with van der Waals surface area (Å²) in [6.45, 7) is 0. The van der Waals surface area contributed by atoms with Gasteiger partial charge in [-0.1, -0.05) is 102 Å². The molecular formula is C42H29N3S+2. The first kappa shape index (κ1) is 25.7. The fraction of sp³-hybridized carbons (Fsp3) is 0.0238. The van der Waals surface area contributed by atoms with Crippen LogP contribution < -0.4 is 5.32 Å². The summed E-state index contributed by atoms with van der Waals surface area (Å²) >= 11 is 1.91. The van der Waals surface area contributed by atoms with Crippen LogP contribution in [0.4, 0.5) is 5.69 Å². The number of amidine groups is 1. The number of hydrogen-bond donors (Lipinski definition) is 1. The molecule has 0 saturated carbocycles. The molecule has 10 rings (SSSR count). The minimum atomic E-state index is 0.194. The fourth-order valence-corrected chi connectivity index (χ4v) is 8.81. The summed E-state index contributed by atoms with van der Waals surface area (Å²) in [5, 5.41) is 10.3. The average Bonchev–Trinajstić information content (AvgIpc) is 3.66. The number of nitrogens with two attached hydrogens (primary N) is 1. The van der Waals surface area contributed by atoms with Crippen molar-refractivity contribution in [1.29, 1.82) is 0 Å². The van der Waals surface area contributed by atoms with Crippen LogP contribution in [-0.4, -0.2) is 15.0 Å². The Morgan fingerprint density at radius 2 is 1.17 bits per heavy atom. The lowest BCUT2D eigenvalue weighted by Crippen LogP contribution is -2.99. The molecule has 3 heterocycles. The summed E-state index contributed by atoms with van der Waals surface area (Å²) in [6.07, 6.45) is 0.194. The zero-order chi connectivity index (χ0) is 30.2. The maximum absolute atomic E-state index is 2.49. The molecule has 216 valence electrons. The molecule has 0 saturated heterocycles. The Hall–Kier alpha value is -5.55. The van der Waals surface area contributed by atoms with E-state index in [1.54, 1.807) is 0 Å². The molecule has 4 heteroatoms. The Balaban J connectivity index is 1.23. The summed E-state index contributed by atoms with van der Waals surface area (Å²) in [4.78, 5) is 0. The number of para-hydroxylation sites is 1. The molecule has 46 heavy (non-hydrogen) atoms. The molecule has 0 amide bonds. The van der Waals surface area contributed by atoms with Crippen LogP contribution in [0.15, 0.2) is 158 Å². The standard InChI is InChI=1S/C42H27N3S/c1-3-13-27(14-4-1)41-43-42(28-15-5-2-6-16-28)45(41)30-25-23-29(24-26-30)44-35-21-11-9-19-33(35)37-38-34-20-10-12-22-36(34)46-40(38)32-18-8-7-17-31(32)39(37)44/h1-26,41H/p+2. The van der Waals surface area contributed by atoms with E-state index in [0.717, 1.165) is 0 Å². The van der Waals surface area contributed by atoms with E-state index in [1.165, 1.54) is 81.1 Å². The van der Waals surface area contributed by atoms with Gasteiger partial charge in [0.25, 0.3) is 0 Å². The van der Waals surface area contributed by atoms with Gasteiger partial charge in [-0.3, -0.25) is 0 Å². The van der Waals surface area contributed by atoms with Crippen molar-refractivity contribution in [1.82, 2.24) is 4.57 Å². The van der Waals surface area contributed by atoms with Gasteiger partial charge in [0.1, 0.15) is 5.56 Å². The summed E-state index contributed by atoms with van der Waals surface area (Å²) < 4.78 is 7.66. The second-order valence-electron chi connectivity index (χ2n) is 12.1. The van der Waals surface area contributed by atoms with E-state index < -0.39 is 0 Å². The molecule has 1 aliphatic rings. The van der Waals surface area contributed by atoms with Gasteiger partial charge in [-0.25, -0.2) is 0 Å². The van der Waals surface area contributed by atoms with Gasteiger partial charge >= 0.3 is 12.0 Å². The van der Waals surface area contributed by atoms with Crippen LogP contribution in [-0.2, 0) is 0 Å². The Morgan fingerprint density at radius 1 is 0.543 bits per heavy atom. The highest BCUT2D eigenvalue weighted by molar-refractivity contribution is 7.27. The van der Waals surface area contributed by atoms with Crippen LogP contribution >= 0.6 is 11.3 Å². The SMILES string of the molecule is c1ccc(C2=[N+](c3ccc(-n4c5ccccc5c5c6c7ccccc7sc6c6ccccc6c54)cc3)C(c3ccccc3)[NH2+]2)cc1. The molecule has 9 aromatic rings. The number of benzene rings is 7. The maximum Gasteiger partial charge on any atom is 0.384 e. The molecule has 0 spiro atoms. The van der Waals surface area contributed by atoms with Crippen molar-refractivity contribution in [3.63, 3.8) is 0 Å². The molecule has 1 aliphatic heterocycles. The summed E-state index contributed by atoms with van der Waals surface area (Å²) in [6, 6.07) is 57.4. The number of thiophene rings is 1. The van der Waals surface area contributed by atoms with Crippen LogP contribution in [0, 0.1) is 0 Å². The average molecular weight is 608 g/mol. The normalized spacial score (nSPS) is 15.0. The van der Waals surface area contributed by atoms with Crippen LogP contribution in [0.25, 0.3) is 58.4 Å². The highest BCUT2D eigenvalue weighted by Crippen LogP contribution is 2.48. The van der Waals surface area contributed by atoms with E-state index in [1.807, 2.05) is 11.3 Å². The fourth-order valence-electron chi connectivity index (χ4n) is 7.56. The quantitative estimate of drug-likeness (QED) is 0.193. The lowest BCUT2D eigenvalue weighted by Gasteiger charge is -2.23. The summed E-state index contributed by atoms with van der Waals surface area (Å²) in [5.74, 6) is 1.25. The monoisotopic (exact) mass is 607 g/mol. The molecule has 0 fully saturated rings. The van der Waals surface area contributed by atoms with E-state index in [9.17, 15) is 0 Å². The van der Waals surface area contributed by atoms with E-state index in [2.05, 4.69) is 172 Å². The van der Waals surface area contributed by atoms with E-state index in [4.69, 9.17) is 0 Å². The van der Waals surface area contributed by atoms with Crippen molar-refractivity contribution in [2.45, 2.75) is 6.17 Å². The lowest BCUT2D eigenvalue weighted by molar-refractivity contribution is -0.866. The molecule has 1 unspecified atom stereocenters. The van der Waals surface area contributed by atoms with Crippen molar-refractivity contribution in [3.05, 3.63) is 169 Å². The number of aromatic nitrogens is 1. The van der Waals surface area contributed by atoms with Gasteiger partial charge in [-0.2, -0.15) is 5.32 Å². The molecule has 3 nitrogen and oxygen atoms in total. The topological polar surface area (TPSA) is 24.5 Å². The lowest BCUT2D eigenvalue weighted by atomic mass is 10.00. The Morgan fingerprint density at radius 3 is 1.96 bits per heavy atom. The van der Waals surface area contributed by atoms with Crippen molar-refractivity contribution < 1.29 is 9.89 Å². The number of rotatable bonds is 4. The Kier molecular flexibility index (Phi) is 5.58. The minimum Gasteiger partial charge on any atom is -0.309 e. The van der Waals surface area contributed by atoms with Crippen molar-refractivity contribution >= 4 is 75.6 Å². The molecule has 7 aromatic carbocycles. The van der Waals surface area contributed by atoms with E-state index in [-0.39, 0.29) is 6.17 Å². The molecule has 2 N–H and O–H groups in total. The second kappa shape index (κ2) is 9.98. The number of fused-ring (bicyclic) bond motifs is 10. The zero-order valence-electron chi connectivity index (χ0n) is 25.0. The van der Waals surface area contributed by atoms with Gasteiger partial charge in [0.05, 0.1) is 16.6 Å². The highest BCUT2D eigenvalue weighted by Gasteiger charge is 2.46. The second-order valence-corrected chi connectivity index (χ2v) is 13.1. The first-order valence-electron chi connectivity index (χ1n) is 15.8. The van der Waals surface area contributed by atoms with Crippen molar-refractivity contribution in [2.24, 2.45) is 0 Å². The summed E-state index contributed by atoms with van der Waals surface area (Å²) in [5.41, 5.74) is 7.40. The van der Waals surface area contributed by atoms with Gasteiger partial charge in [-0.05, 0) is 48.5 Å². The predicted molar refractivity (Wildman–Crippen MR) is 193 cm³/mol. The van der Waals surface area contributed by atoms with Gasteiger partial charge in [0.15, 0.2) is 0 Å². The van der Waals surface area contributed by atoms with E-state index >= 15 is 0 Å². The van der Waals surface area contributed by atoms with Crippen molar-refractivity contribution in [2.75, 3.05) is 0 Å².